The lowest BCUT2D eigenvalue weighted by Gasteiger charge is -2.22. The summed E-state index contributed by atoms with van der Waals surface area (Å²) in [6.45, 7) is 3.36. The molecule has 0 bridgehead atoms. The summed E-state index contributed by atoms with van der Waals surface area (Å²) in [5, 5.41) is 11.4. The Morgan fingerprint density at radius 2 is 2.00 bits per heavy atom. The summed E-state index contributed by atoms with van der Waals surface area (Å²) >= 11 is 0. The largest absolute Gasteiger partial charge is 0.480 e. The maximum atomic E-state index is 11.5. The molecule has 0 aromatic rings. The molecule has 0 saturated carbocycles. The molecule has 0 aliphatic heterocycles. The van der Waals surface area contributed by atoms with E-state index in [1.807, 2.05) is 6.92 Å². The van der Waals surface area contributed by atoms with Crippen LogP contribution in [0.2, 0.25) is 0 Å². The van der Waals surface area contributed by atoms with Crippen molar-refractivity contribution in [1.82, 2.24) is 5.32 Å². The smallest absolute Gasteiger partial charge is 0.331 e. The van der Waals surface area contributed by atoms with Gasteiger partial charge in [-0.05, 0) is 20.4 Å². The Labute approximate surface area is 78.3 Å². The van der Waals surface area contributed by atoms with Crippen molar-refractivity contribution >= 4 is 11.8 Å². The molecule has 0 aromatic carbocycles. The van der Waals surface area contributed by atoms with Crippen molar-refractivity contribution in [2.45, 2.75) is 38.6 Å². The minimum absolute atomic E-state index is 0.260. The number of ketones is 1. The van der Waals surface area contributed by atoms with Crippen molar-refractivity contribution in [3.05, 3.63) is 0 Å². The number of hydrogen-bond acceptors (Lipinski definition) is 3. The summed E-state index contributed by atoms with van der Waals surface area (Å²) in [4.78, 5) is 22.2. The second kappa shape index (κ2) is 4.97. The molecule has 0 spiro atoms. The fraction of sp³-hybridized carbons (Fsp3) is 0.778. The first-order valence-electron chi connectivity index (χ1n) is 4.44. The number of likely N-dealkylation sites (N-methyl/N-ethyl adjacent to an activating group) is 1. The third-order valence-electron chi connectivity index (χ3n) is 2.24. The van der Waals surface area contributed by atoms with Gasteiger partial charge in [-0.15, -0.1) is 0 Å². The Balaban J connectivity index is 4.39. The predicted molar refractivity (Wildman–Crippen MR) is 49.6 cm³/mol. The van der Waals surface area contributed by atoms with E-state index in [0.717, 1.165) is 12.8 Å². The Bertz CT molecular complexity index is 203. The average molecular weight is 187 g/mol. The summed E-state index contributed by atoms with van der Waals surface area (Å²) in [6.07, 6.45) is 1.95. The minimum atomic E-state index is -1.42. The number of hydrogen-bond donors (Lipinski definition) is 2. The first-order valence-corrected chi connectivity index (χ1v) is 4.44. The molecule has 2 N–H and O–H groups in total. The molecular weight excluding hydrogens is 170 g/mol. The van der Waals surface area contributed by atoms with E-state index in [-0.39, 0.29) is 5.78 Å². The number of unbranched alkanes of at least 4 members (excludes halogenated alkanes) is 1. The van der Waals surface area contributed by atoms with Crippen molar-refractivity contribution < 1.29 is 14.7 Å². The maximum absolute atomic E-state index is 11.5. The van der Waals surface area contributed by atoms with Crippen LogP contribution in [0.5, 0.6) is 0 Å². The summed E-state index contributed by atoms with van der Waals surface area (Å²) < 4.78 is 0. The quantitative estimate of drug-likeness (QED) is 0.604. The van der Waals surface area contributed by atoms with Crippen LogP contribution >= 0.6 is 0 Å². The lowest BCUT2D eigenvalue weighted by Crippen LogP contribution is -2.54. The number of carboxylic acid groups (broad SMARTS) is 1. The molecular formula is C9H17NO3. The van der Waals surface area contributed by atoms with Crippen LogP contribution in [0.4, 0.5) is 0 Å². The van der Waals surface area contributed by atoms with Gasteiger partial charge in [-0.25, -0.2) is 4.79 Å². The lowest BCUT2D eigenvalue weighted by atomic mass is 9.93. The van der Waals surface area contributed by atoms with Gasteiger partial charge in [0.1, 0.15) is 0 Å². The molecule has 0 aliphatic carbocycles. The van der Waals surface area contributed by atoms with E-state index in [2.05, 4.69) is 5.32 Å². The fourth-order valence-corrected chi connectivity index (χ4v) is 0.953. The molecule has 0 rings (SSSR count). The summed E-state index contributed by atoms with van der Waals surface area (Å²) in [7, 11) is 1.48. The monoisotopic (exact) mass is 187 g/mol. The number of nitrogens with one attached hydrogen (secondary N) is 1. The molecule has 1 unspecified atom stereocenters. The molecule has 0 heterocycles. The Morgan fingerprint density at radius 3 is 2.31 bits per heavy atom. The van der Waals surface area contributed by atoms with Gasteiger partial charge in [0, 0.05) is 6.42 Å². The molecule has 0 radical (unpaired) electrons. The van der Waals surface area contributed by atoms with E-state index < -0.39 is 11.5 Å². The first-order chi connectivity index (χ1) is 5.99. The van der Waals surface area contributed by atoms with Crippen LogP contribution in [0.1, 0.15) is 33.1 Å². The minimum Gasteiger partial charge on any atom is -0.480 e. The predicted octanol–water partition coefficient (Wildman–Crippen LogP) is 0.808. The number of carboxylic acids is 1. The number of Topliss-reactive ketones (excluding diaryl/α,β-unsaturated/α-hetero) is 1. The van der Waals surface area contributed by atoms with Gasteiger partial charge in [0.25, 0.3) is 0 Å². The van der Waals surface area contributed by atoms with Crippen LogP contribution in [0.15, 0.2) is 0 Å². The van der Waals surface area contributed by atoms with E-state index in [4.69, 9.17) is 5.11 Å². The summed E-state index contributed by atoms with van der Waals surface area (Å²) in [6, 6.07) is 0. The Kier molecular flexibility index (Phi) is 4.62. The SMILES string of the molecule is CCCCC(=O)C(C)(NC)C(=O)O. The molecule has 0 aromatic heterocycles. The zero-order valence-corrected chi connectivity index (χ0v) is 8.39. The van der Waals surface area contributed by atoms with Gasteiger partial charge in [-0.1, -0.05) is 13.3 Å². The van der Waals surface area contributed by atoms with Gasteiger partial charge in [-0.2, -0.15) is 0 Å². The normalized spacial score (nSPS) is 15.0. The van der Waals surface area contributed by atoms with Crippen LogP contribution in [-0.4, -0.2) is 29.4 Å². The van der Waals surface area contributed by atoms with Gasteiger partial charge in [-0.3, -0.25) is 10.1 Å². The highest BCUT2D eigenvalue weighted by Crippen LogP contribution is 2.10. The van der Waals surface area contributed by atoms with Crippen molar-refractivity contribution in [1.29, 1.82) is 0 Å². The molecule has 76 valence electrons. The number of rotatable bonds is 6. The van der Waals surface area contributed by atoms with Gasteiger partial charge in [0.15, 0.2) is 11.3 Å². The topological polar surface area (TPSA) is 66.4 Å². The van der Waals surface area contributed by atoms with Gasteiger partial charge in [0.05, 0.1) is 0 Å². The van der Waals surface area contributed by atoms with Crippen LogP contribution in [-0.2, 0) is 9.59 Å². The fourth-order valence-electron chi connectivity index (χ4n) is 0.953. The first kappa shape index (κ1) is 12.1. The van der Waals surface area contributed by atoms with Gasteiger partial charge >= 0.3 is 5.97 Å². The highest BCUT2D eigenvalue weighted by molar-refractivity contribution is 6.07. The van der Waals surface area contributed by atoms with Crippen LogP contribution in [0.25, 0.3) is 0 Å². The van der Waals surface area contributed by atoms with Crippen LogP contribution < -0.4 is 5.32 Å². The van der Waals surface area contributed by atoms with Gasteiger partial charge in [0.2, 0.25) is 0 Å². The molecule has 0 saturated heterocycles. The van der Waals surface area contributed by atoms with E-state index in [1.54, 1.807) is 0 Å². The van der Waals surface area contributed by atoms with Crippen molar-refractivity contribution in [2.24, 2.45) is 0 Å². The van der Waals surface area contributed by atoms with E-state index in [1.165, 1.54) is 14.0 Å². The van der Waals surface area contributed by atoms with Crippen molar-refractivity contribution in [3.63, 3.8) is 0 Å². The summed E-state index contributed by atoms with van der Waals surface area (Å²) in [5.41, 5.74) is -1.42. The molecule has 1 atom stereocenters. The lowest BCUT2D eigenvalue weighted by molar-refractivity contribution is -0.149. The number of carbonyl (C=O) groups excluding carboxylic acids is 1. The average Bonchev–Trinajstić information content (AvgIpc) is 2.12. The number of aliphatic carboxylic acids is 1. The Morgan fingerprint density at radius 1 is 1.46 bits per heavy atom. The second-order valence-electron chi connectivity index (χ2n) is 3.21. The molecule has 13 heavy (non-hydrogen) atoms. The third-order valence-corrected chi connectivity index (χ3v) is 2.24. The third kappa shape index (κ3) is 2.81. The van der Waals surface area contributed by atoms with Crippen LogP contribution in [0, 0.1) is 0 Å². The maximum Gasteiger partial charge on any atom is 0.331 e. The molecule has 4 nitrogen and oxygen atoms in total. The zero-order chi connectivity index (χ0) is 10.5. The standard InChI is InChI=1S/C9H17NO3/c1-4-5-6-7(11)9(2,10-3)8(12)13/h10H,4-6H2,1-3H3,(H,12,13). The highest BCUT2D eigenvalue weighted by Gasteiger charge is 2.38. The van der Waals surface area contributed by atoms with Crippen molar-refractivity contribution in [2.75, 3.05) is 7.05 Å². The second-order valence-corrected chi connectivity index (χ2v) is 3.21. The van der Waals surface area contributed by atoms with Crippen LogP contribution in [0.3, 0.4) is 0 Å². The highest BCUT2D eigenvalue weighted by atomic mass is 16.4. The van der Waals surface area contributed by atoms with Gasteiger partial charge < -0.3 is 5.11 Å². The molecule has 0 aliphatic rings. The Hall–Kier alpha value is -0.900. The van der Waals surface area contributed by atoms with E-state index in [0.29, 0.717) is 6.42 Å². The zero-order valence-electron chi connectivity index (χ0n) is 8.39. The molecule has 4 heteroatoms. The van der Waals surface area contributed by atoms with E-state index >= 15 is 0 Å². The van der Waals surface area contributed by atoms with Crippen molar-refractivity contribution in [3.8, 4) is 0 Å². The molecule has 0 amide bonds. The summed E-state index contributed by atoms with van der Waals surface area (Å²) in [5.74, 6) is -1.37. The number of carbonyl (C=O) groups is 2. The van der Waals surface area contributed by atoms with E-state index in [9.17, 15) is 9.59 Å². The molecule has 0 fully saturated rings.